The summed E-state index contributed by atoms with van der Waals surface area (Å²) in [7, 11) is 1.75. The van der Waals surface area contributed by atoms with Gasteiger partial charge in [0.25, 0.3) is 0 Å². The van der Waals surface area contributed by atoms with Crippen LogP contribution in [0.25, 0.3) is 45.1 Å². The van der Waals surface area contributed by atoms with Crippen molar-refractivity contribution in [2.75, 3.05) is 7.05 Å². The van der Waals surface area contributed by atoms with Gasteiger partial charge in [0, 0.05) is 45.9 Å². The smallest absolute Gasteiger partial charge is 0.164 e. The zero-order valence-corrected chi connectivity index (χ0v) is 18.3. The van der Waals surface area contributed by atoms with Crippen molar-refractivity contribution < 1.29 is 4.42 Å². The normalized spacial score (nSPS) is 11.5. The highest BCUT2D eigenvalue weighted by Gasteiger charge is 2.15. The molecule has 0 amide bonds. The van der Waals surface area contributed by atoms with Crippen LogP contribution in [0, 0.1) is 6.92 Å². The first-order valence-electron chi connectivity index (χ1n) is 10.2. The van der Waals surface area contributed by atoms with Crippen molar-refractivity contribution in [3.63, 3.8) is 0 Å². The first-order chi connectivity index (χ1) is 15.6. The molecule has 5 nitrogen and oxygen atoms in total. The lowest BCUT2D eigenvalue weighted by Gasteiger charge is -2.08. The molecule has 0 saturated heterocycles. The zero-order chi connectivity index (χ0) is 22.1. The molecule has 3 aromatic carbocycles. The maximum absolute atomic E-state index is 6.22. The summed E-state index contributed by atoms with van der Waals surface area (Å²) in [5.74, 6) is 2.55. The lowest BCUT2D eigenvalue weighted by molar-refractivity contribution is 0.578. The van der Waals surface area contributed by atoms with Crippen LogP contribution in [0.1, 0.15) is 11.3 Å². The summed E-state index contributed by atoms with van der Waals surface area (Å²) in [6.45, 7) is 1.93. The highest BCUT2D eigenvalue weighted by Crippen LogP contribution is 2.30. The minimum atomic E-state index is 0.561. The summed E-state index contributed by atoms with van der Waals surface area (Å²) >= 11 is 6.22. The van der Waals surface area contributed by atoms with Crippen LogP contribution in [0.3, 0.4) is 0 Å². The highest BCUT2D eigenvalue weighted by atomic mass is 35.5. The van der Waals surface area contributed by atoms with E-state index >= 15 is 0 Å². The van der Waals surface area contributed by atoms with Crippen LogP contribution in [0.15, 0.2) is 82.2 Å². The van der Waals surface area contributed by atoms with Gasteiger partial charge in [0.15, 0.2) is 17.5 Å². The van der Waals surface area contributed by atoms with Gasteiger partial charge < -0.3 is 4.42 Å². The first-order valence-corrected chi connectivity index (χ1v) is 10.5. The third-order valence-electron chi connectivity index (χ3n) is 5.18. The Kier molecular flexibility index (Phi) is 5.25. The van der Waals surface area contributed by atoms with E-state index in [2.05, 4.69) is 4.99 Å². The van der Waals surface area contributed by atoms with Gasteiger partial charge in [-0.15, -0.1) is 0 Å². The molecular weight excluding hydrogens is 420 g/mol. The average Bonchev–Trinajstić information content (AvgIpc) is 3.14. The molecule has 0 atom stereocenters. The first kappa shape index (κ1) is 20.1. The Morgan fingerprint density at radius 1 is 0.781 bits per heavy atom. The van der Waals surface area contributed by atoms with Crippen molar-refractivity contribution in [2.24, 2.45) is 4.99 Å². The van der Waals surface area contributed by atoms with Crippen molar-refractivity contribution in [1.29, 1.82) is 0 Å². The lowest BCUT2D eigenvalue weighted by Crippen LogP contribution is -2.00. The van der Waals surface area contributed by atoms with Gasteiger partial charge in [-0.2, -0.15) is 0 Å². The van der Waals surface area contributed by atoms with E-state index in [0.717, 1.165) is 39.0 Å². The molecule has 2 heterocycles. The number of rotatable bonds is 4. The molecule has 32 heavy (non-hydrogen) atoms. The number of hydrogen-bond acceptors (Lipinski definition) is 5. The minimum absolute atomic E-state index is 0.561. The molecule has 2 aromatic heterocycles. The number of hydrogen-bond donors (Lipinski definition) is 0. The number of aromatic nitrogens is 3. The van der Waals surface area contributed by atoms with E-state index in [1.165, 1.54) is 0 Å². The van der Waals surface area contributed by atoms with Gasteiger partial charge in [0.1, 0.15) is 11.3 Å². The van der Waals surface area contributed by atoms with Gasteiger partial charge in [0.2, 0.25) is 0 Å². The molecule has 0 unspecified atom stereocenters. The predicted molar refractivity (Wildman–Crippen MR) is 129 cm³/mol. The summed E-state index contributed by atoms with van der Waals surface area (Å²) in [5, 5.41) is 1.63. The maximum atomic E-state index is 6.22. The topological polar surface area (TPSA) is 64.2 Å². The molecule has 0 saturated carbocycles. The number of fused-ring (bicyclic) bond motifs is 1. The van der Waals surface area contributed by atoms with Crippen molar-refractivity contribution in [2.45, 2.75) is 6.92 Å². The molecule has 0 bridgehead atoms. The van der Waals surface area contributed by atoms with Crippen LogP contribution in [0.2, 0.25) is 5.02 Å². The predicted octanol–water partition coefficient (Wildman–Crippen LogP) is 6.63. The van der Waals surface area contributed by atoms with Crippen molar-refractivity contribution in [3.8, 4) is 34.2 Å². The Bertz CT molecular complexity index is 1460. The maximum Gasteiger partial charge on any atom is 0.164 e. The standard InChI is InChI=1S/C26H19ClN4O/c1-16-22(15-28-2)21-12-11-19(14-23(21)32-16)26-30-24(17-7-4-3-5-8-17)29-25(31-26)18-9-6-10-20(27)13-18/h3-15H,1-2H3. The molecule has 0 radical (unpaired) electrons. The molecule has 5 aromatic rings. The monoisotopic (exact) mass is 438 g/mol. The molecule has 5 rings (SSSR count). The molecule has 0 aliphatic carbocycles. The quantitative estimate of drug-likeness (QED) is 0.295. The molecule has 6 heteroatoms. The number of aliphatic imine (C=N–C) groups is 1. The zero-order valence-electron chi connectivity index (χ0n) is 17.6. The molecule has 0 spiro atoms. The van der Waals surface area contributed by atoms with E-state index < -0.39 is 0 Å². The van der Waals surface area contributed by atoms with E-state index in [1.807, 2.05) is 85.9 Å². The van der Waals surface area contributed by atoms with Gasteiger partial charge in [0.05, 0.1) is 0 Å². The third kappa shape index (κ3) is 3.79. The number of benzene rings is 3. The van der Waals surface area contributed by atoms with E-state index in [-0.39, 0.29) is 0 Å². The SMILES string of the molecule is CN=Cc1c(C)oc2cc(-c3nc(-c4ccccc4)nc(-c4cccc(Cl)c4)n3)ccc12. The summed E-state index contributed by atoms with van der Waals surface area (Å²) < 4.78 is 5.98. The Labute approximate surface area is 190 Å². The fraction of sp³-hybridized carbons (Fsp3) is 0.0769. The van der Waals surface area contributed by atoms with Crippen LogP contribution in [0.4, 0.5) is 0 Å². The van der Waals surface area contributed by atoms with Crippen LogP contribution in [0.5, 0.6) is 0 Å². The van der Waals surface area contributed by atoms with Gasteiger partial charge >= 0.3 is 0 Å². The molecular formula is C26H19ClN4O. The molecule has 0 N–H and O–H groups in total. The summed E-state index contributed by atoms with van der Waals surface area (Å²) in [6, 6.07) is 23.3. The van der Waals surface area contributed by atoms with Crippen molar-refractivity contribution >= 4 is 28.8 Å². The lowest BCUT2D eigenvalue weighted by atomic mass is 10.1. The second kappa shape index (κ2) is 8.36. The summed E-state index contributed by atoms with van der Waals surface area (Å²) in [6.07, 6.45) is 1.81. The number of halogens is 1. The second-order valence-corrected chi connectivity index (χ2v) is 7.79. The highest BCUT2D eigenvalue weighted by molar-refractivity contribution is 6.30. The molecule has 0 aliphatic rings. The van der Waals surface area contributed by atoms with E-state index in [0.29, 0.717) is 22.5 Å². The van der Waals surface area contributed by atoms with E-state index in [9.17, 15) is 0 Å². The average molecular weight is 439 g/mol. The van der Waals surface area contributed by atoms with Crippen LogP contribution < -0.4 is 0 Å². The Morgan fingerprint density at radius 3 is 2.12 bits per heavy atom. The molecule has 156 valence electrons. The van der Waals surface area contributed by atoms with Crippen molar-refractivity contribution in [3.05, 3.63) is 89.1 Å². The Hall–Kier alpha value is -3.83. The number of furan rings is 1. The van der Waals surface area contributed by atoms with Gasteiger partial charge in [-0.05, 0) is 31.2 Å². The third-order valence-corrected chi connectivity index (χ3v) is 5.42. The van der Waals surface area contributed by atoms with Gasteiger partial charge in [-0.3, -0.25) is 4.99 Å². The van der Waals surface area contributed by atoms with Gasteiger partial charge in [-0.1, -0.05) is 60.1 Å². The molecule has 0 fully saturated rings. The van der Waals surface area contributed by atoms with Crippen LogP contribution >= 0.6 is 11.6 Å². The fourth-order valence-electron chi connectivity index (χ4n) is 3.65. The van der Waals surface area contributed by atoms with E-state index in [4.69, 9.17) is 31.0 Å². The van der Waals surface area contributed by atoms with Crippen molar-refractivity contribution in [1.82, 2.24) is 15.0 Å². The Morgan fingerprint density at radius 2 is 1.44 bits per heavy atom. The Balaban J connectivity index is 1.70. The van der Waals surface area contributed by atoms with E-state index in [1.54, 1.807) is 7.05 Å². The molecule has 0 aliphatic heterocycles. The largest absolute Gasteiger partial charge is 0.461 e. The van der Waals surface area contributed by atoms with Gasteiger partial charge in [-0.25, -0.2) is 15.0 Å². The number of aryl methyl sites for hydroxylation is 1. The fourth-order valence-corrected chi connectivity index (χ4v) is 3.84. The number of nitrogens with zero attached hydrogens (tertiary/aromatic N) is 4. The van der Waals surface area contributed by atoms with Crippen LogP contribution in [-0.2, 0) is 0 Å². The summed E-state index contributed by atoms with van der Waals surface area (Å²) in [4.78, 5) is 18.4. The second-order valence-electron chi connectivity index (χ2n) is 7.35. The minimum Gasteiger partial charge on any atom is -0.461 e. The van der Waals surface area contributed by atoms with Crippen LogP contribution in [-0.4, -0.2) is 28.2 Å². The summed E-state index contributed by atoms with van der Waals surface area (Å²) in [5.41, 5.74) is 4.33.